The van der Waals surface area contributed by atoms with Gasteiger partial charge < -0.3 is 9.40 Å². The summed E-state index contributed by atoms with van der Waals surface area (Å²) in [7, 11) is 0. The monoisotopic (exact) mass is 730 g/mol. The van der Waals surface area contributed by atoms with Crippen LogP contribution in [0.4, 0.5) is 0 Å². The topological polar surface area (TPSA) is 51.8 Å². The van der Waals surface area contributed by atoms with E-state index in [1.165, 1.54) is 45.5 Å². The van der Waals surface area contributed by atoms with Crippen molar-refractivity contribution in [2.75, 3.05) is 0 Å². The predicted octanol–water partition coefficient (Wildman–Crippen LogP) is 9.10. The summed E-state index contributed by atoms with van der Waals surface area (Å²) in [6.07, 6.45) is 6.78. The molecule has 0 N–H and O–H groups in total. The molecule has 0 saturated carbocycles. The van der Waals surface area contributed by atoms with Crippen molar-refractivity contribution in [3.63, 3.8) is 0 Å². The Morgan fingerprint density at radius 3 is 2.51 bits per heavy atom. The van der Waals surface area contributed by atoms with Gasteiger partial charge in [-0.15, -0.1) is 65.4 Å². The van der Waals surface area contributed by atoms with Crippen LogP contribution in [0.2, 0.25) is 0 Å². The Hall–Kier alpha value is -3.70. The SMILES string of the molecule is Cc1ccc(-c2[c-]cccc2)nc1.Cc1ccc2c(n1)oc1c(-c3ccc4sc5c(c4n3)CCCC5)[c-]ccc12.[Ir]. The van der Waals surface area contributed by atoms with Gasteiger partial charge in [-0.1, -0.05) is 29.1 Å². The van der Waals surface area contributed by atoms with Crippen molar-refractivity contribution >= 4 is 43.6 Å². The molecule has 1 aliphatic carbocycles. The van der Waals surface area contributed by atoms with Gasteiger partial charge in [0, 0.05) is 42.3 Å². The zero-order valence-electron chi connectivity index (χ0n) is 22.8. The van der Waals surface area contributed by atoms with Gasteiger partial charge >= 0.3 is 0 Å². The van der Waals surface area contributed by atoms with E-state index in [9.17, 15) is 0 Å². The number of furan rings is 1. The Balaban J connectivity index is 0.000000183. The second-order valence-electron chi connectivity index (χ2n) is 10.3. The fourth-order valence-electron chi connectivity index (χ4n) is 5.34. The summed E-state index contributed by atoms with van der Waals surface area (Å²) in [5, 5.41) is 2.11. The van der Waals surface area contributed by atoms with Crippen molar-refractivity contribution in [2.45, 2.75) is 39.5 Å². The molecule has 2 aromatic carbocycles. The van der Waals surface area contributed by atoms with Crippen molar-refractivity contribution in [3.8, 4) is 22.5 Å². The van der Waals surface area contributed by atoms with Gasteiger partial charge in [0.25, 0.3) is 0 Å². The van der Waals surface area contributed by atoms with Crippen LogP contribution >= 0.6 is 11.3 Å². The van der Waals surface area contributed by atoms with Gasteiger partial charge in [0.15, 0.2) is 0 Å². The molecular formula is C35H27IrN3OS-2. The van der Waals surface area contributed by atoms with Crippen LogP contribution in [0.1, 0.15) is 34.5 Å². The van der Waals surface area contributed by atoms with Crippen LogP contribution in [0, 0.1) is 26.0 Å². The summed E-state index contributed by atoms with van der Waals surface area (Å²) in [6, 6.07) is 30.9. The average Bonchev–Trinajstić information content (AvgIpc) is 3.55. The molecule has 0 unspecified atom stereocenters. The van der Waals surface area contributed by atoms with Crippen LogP contribution in [0.3, 0.4) is 0 Å². The maximum Gasteiger partial charge on any atom is 0.216 e. The number of hydrogen-bond donors (Lipinski definition) is 0. The number of aromatic nitrogens is 3. The summed E-state index contributed by atoms with van der Waals surface area (Å²) < 4.78 is 7.44. The number of pyridine rings is 3. The smallest absolute Gasteiger partial charge is 0.216 e. The number of rotatable bonds is 2. The van der Waals surface area contributed by atoms with Crippen LogP contribution in [0.15, 0.2) is 83.4 Å². The molecule has 0 aliphatic heterocycles. The molecule has 4 nitrogen and oxygen atoms in total. The maximum atomic E-state index is 6.15. The van der Waals surface area contributed by atoms with Crippen molar-refractivity contribution in [1.29, 1.82) is 0 Å². The summed E-state index contributed by atoms with van der Waals surface area (Å²) >= 11 is 1.91. The molecule has 7 aromatic rings. The summed E-state index contributed by atoms with van der Waals surface area (Å²) in [5.41, 5.74) is 10.1. The first-order valence-electron chi connectivity index (χ1n) is 13.7. The third-order valence-corrected chi connectivity index (χ3v) is 8.63. The molecule has 5 heterocycles. The maximum absolute atomic E-state index is 6.15. The summed E-state index contributed by atoms with van der Waals surface area (Å²) in [5.74, 6) is 0. The van der Waals surface area contributed by atoms with E-state index in [4.69, 9.17) is 9.40 Å². The zero-order chi connectivity index (χ0) is 27.1. The molecule has 0 bridgehead atoms. The predicted molar refractivity (Wildman–Crippen MR) is 164 cm³/mol. The second-order valence-corrected chi connectivity index (χ2v) is 11.4. The molecule has 0 spiro atoms. The first-order chi connectivity index (χ1) is 19.6. The Morgan fingerprint density at radius 1 is 0.805 bits per heavy atom. The van der Waals surface area contributed by atoms with E-state index in [1.54, 1.807) is 0 Å². The quantitative estimate of drug-likeness (QED) is 0.167. The van der Waals surface area contributed by atoms with Crippen molar-refractivity contribution < 1.29 is 24.5 Å². The minimum absolute atomic E-state index is 0. The van der Waals surface area contributed by atoms with Crippen molar-refractivity contribution in [1.82, 2.24) is 15.0 Å². The Morgan fingerprint density at radius 2 is 1.68 bits per heavy atom. The number of aryl methyl sites for hydroxylation is 4. The third-order valence-electron chi connectivity index (χ3n) is 7.38. The largest absolute Gasteiger partial charge is 0.486 e. The second kappa shape index (κ2) is 11.7. The molecule has 205 valence electrons. The Labute approximate surface area is 256 Å². The van der Waals surface area contributed by atoms with E-state index in [1.807, 2.05) is 79.9 Å². The molecule has 8 rings (SSSR count). The molecule has 0 fully saturated rings. The molecule has 0 amide bonds. The van der Waals surface area contributed by atoms with Gasteiger partial charge in [0.2, 0.25) is 5.71 Å². The third kappa shape index (κ3) is 5.36. The molecule has 0 atom stereocenters. The van der Waals surface area contributed by atoms with Gasteiger partial charge in [-0.05, 0) is 80.2 Å². The fraction of sp³-hybridized carbons (Fsp3) is 0.171. The van der Waals surface area contributed by atoms with E-state index in [0.29, 0.717) is 5.71 Å². The fourth-order valence-corrected chi connectivity index (χ4v) is 6.58. The Kier molecular flexibility index (Phi) is 7.81. The number of hydrogen-bond acceptors (Lipinski definition) is 5. The standard InChI is InChI=1S/C23H17N2OS.C12H10N.Ir/c1-13-9-10-15-14-6-4-7-16(22(14)26-23(15)24-13)18-11-12-20-21(25-18)17-5-2-3-8-19(17)27-20;1-10-7-8-12(13-9-10)11-5-3-2-4-6-11;/h4,6,9-12H,2-3,5,8H2,1H3;2-5,7-9H,1H3;/q2*-1;. The number of benzene rings is 2. The molecule has 41 heavy (non-hydrogen) atoms. The van der Waals surface area contributed by atoms with Crippen molar-refractivity contribution in [3.05, 3.63) is 113 Å². The number of nitrogens with zero attached hydrogens (tertiary/aromatic N) is 3. The summed E-state index contributed by atoms with van der Waals surface area (Å²) in [6.45, 7) is 4.01. The molecular weight excluding hydrogens is 703 g/mol. The van der Waals surface area contributed by atoms with Crippen molar-refractivity contribution in [2.24, 2.45) is 0 Å². The Bertz CT molecular complexity index is 1980. The minimum Gasteiger partial charge on any atom is -0.486 e. The van der Waals surface area contributed by atoms with Crippen LogP contribution in [0.25, 0.3) is 54.8 Å². The molecule has 1 aliphatic rings. The zero-order valence-corrected chi connectivity index (χ0v) is 26.0. The molecule has 6 heteroatoms. The van der Waals surface area contributed by atoms with Crippen LogP contribution in [-0.4, -0.2) is 15.0 Å². The van der Waals surface area contributed by atoms with E-state index in [-0.39, 0.29) is 20.1 Å². The van der Waals surface area contributed by atoms with Gasteiger partial charge in [0.1, 0.15) is 0 Å². The minimum atomic E-state index is 0. The normalized spacial score (nSPS) is 12.5. The van der Waals surface area contributed by atoms with Gasteiger partial charge in [-0.2, -0.15) is 0 Å². The average molecular weight is 730 g/mol. The first kappa shape index (κ1) is 27.5. The van der Waals surface area contributed by atoms with E-state index in [0.717, 1.165) is 51.0 Å². The first-order valence-corrected chi connectivity index (χ1v) is 14.5. The van der Waals surface area contributed by atoms with Gasteiger partial charge in [-0.25, -0.2) is 4.98 Å². The van der Waals surface area contributed by atoms with Crippen LogP contribution < -0.4 is 0 Å². The van der Waals surface area contributed by atoms with Gasteiger partial charge in [0.05, 0.1) is 15.8 Å². The number of thiophene rings is 1. The van der Waals surface area contributed by atoms with Crippen LogP contribution in [-0.2, 0) is 32.9 Å². The van der Waals surface area contributed by atoms with Crippen LogP contribution in [0.5, 0.6) is 0 Å². The van der Waals surface area contributed by atoms with E-state index in [2.05, 4.69) is 46.4 Å². The molecule has 0 saturated heterocycles. The van der Waals surface area contributed by atoms with E-state index < -0.39 is 0 Å². The molecule has 5 aromatic heterocycles. The summed E-state index contributed by atoms with van der Waals surface area (Å²) in [4.78, 5) is 15.4. The van der Waals surface area contributed by atoms with Gasteiger partial charge in [-0.3, -0.25) is 4.98 Å². The number of fused-ring (bicyclic) bond motifs is 6. The van der Waals surface area contributed by atoms with E-state index >= 15 is 0 Å². The molecule has 1 radical (unpaired) electrons.